The van der Waals surface area contributed by atoms with Crippen molar-refractivity contribution in [3.8, 4) is 0 Å². The molecule has 1 N–H and O–H groups in total. The predicted octanol–water partition coefficient (Wildman–Crippen LogP) is 2.94. The number of fused-ring (bicyclic) bond motifs is 6. The molecule has 164 valence electrons. The Balaban J connectivity index is 1.55. The Morgan fingerprint density at radius 3 is 2.70 bits per heavy atom. The van der Waals surface area contributed by atoms with E-state index >= 15 is 0 Å². The summed E-state index contributed by atoms with van der Waals surface area (Å²) >= 11 is 0. The number of hydrogen-bond acceptors (Lipinski definition) is 6. The van der Waals surface area contributed by atoms with E-state index in [0.29, 0.717) is 12.8 Å². The van der Waals surface area contributed by atoms with Crippen LogP contribution < -0.4 is 0 Å². The topological polar surface area (TPSA) is 82.1 Å². The average Bonchev–Trinajstić information content (AvgIpc) is 2.98. The molecule has 1 saturated heterocycles. The number of allylic oxidation sites excluding steroid dienone is 4. The normalized spacial score (nSPS) is 52.6. The molecule has 4 fully saturated rings. The minimum atomic E-state index is -1.26. The van der Waals surface area contributed by atoms with Crippen molar-refractivity contribution in [1.29, 1.82) is 0 Å². The van der Waals surface area contributed by atoms with Gasteiger partial charge in [-0.2, -0.15) is 0 Å². The molecular weight excluding hydrogens is 384 g/mol. The van der Waals surface area contributed by atoms with Gasteiger partial charge in [0.05, 0.1) is 6.10 Å². The summed E-state index contributed by atoms with van der Waals surface area (Å²) in [5.74, 6) is -0.688. The summed E-state index contributed by atoms with van der Waals surface area (Å²) in [7, 11) is 1.52. The van der Waals surface area contributed by atoms with E-state index in [0.717, 1.165) is 24.8 Å². The van der Waals surface area contributed by atoms with Crippen molar-refractivity contribution >= 4 is 11.6 Å². The number of carbonyl (C=O) groups excluding carboxylic acids is 2. The summed E-state index contributed by atoms with van der Waals surface area (Å²) in [5.41, 5.74) is -0.659. The van der Waals surface area contributed by atoms with Crippen LogP contribution in [0.1, 0.15) is 52.9 Å². The highest BCUT2D eigenvalue weighted by Gasteiger charge is 2.71. The van der Waals surface area contributed by atoms with Crippen LogP contribution >= 0.6 is 0 Å². The molecule has 0 aromatic heterocycles. The third-order valence-electron chi connectivity index (χ3n) is 9.26. The van der Waals surface area contributed by atoms with Gasteiger partial charge in [0, 0.05) is 30.8 Å². The molecule has 0 amide bonds. The molecule has 1 unspecified atom stereocenters. The van der Waals surface area contributed by atoms with Gasteiger partial charge in [0.1, 0.15) is 12.2 Å². The summed E-state index contributed by atoms with van der Waals surface area (Å²) in [5, 5.41) is 11.5. The summed E-state index contributed by atoms with van der Waals surface area (Å²) in [4.78, 5) is 25.2. The average molecular weight is 417 g/mol. The van der Waals surface area contributed by atoms with E-state index in [1.807, 2.05) is 6.08 Å². The first-order valence-electron chi connectivity index (χ1n) is 11.1. The van der Waals surface area contributed by atoms with E-state index in [1.54, 1.807) is 19.1 Å². The molecule has 1 aliphatic heterocycles. The maximum Gasteiger partial charge on any atom is 0.281 e. The summed E-state index contributed by atoms with van der Waals surface area (Å²) in [6.45, 7) is 5.96. The first-order chi connectivity index (χ1) is 14.1. The van der Waals surface area contributed by atoms with Gasteiger partial charge in [0.2, 0.25) is 0 Å². The number of aliphatic hydroxyl groups is 1. The molecule has 0 aromatic carbocycles. The van der Waals surface area contributed by atoms with E-state index in [-0.39, 0.29) is 41.3 Å². The molecule has 5 aliphatic rings. The smallest absolute Gasteiger partial charge is 0.281 e. The minimum Gasteiger partial charge on any atom is -0.393 e. The first kappa shape index (κ1) is 20.6. The fourth-order valence-corrected chi connectivity index (χ4v) is 7.76. The Morgan fingerprint density at radius 1 is 1.20 bits per heavy atom. The summed E-state index contributed by atoms with van der Waals surface area (Å²) in [6, 6.07) is 0. The second-order valence-corrected chi connectivity index (χ2v) is 10.5. The van der Waals surface area contributed by atoms with Gasteiger partial charge in [-0.3, -0.25) is 9.59 Å². The van der Waals surface area contributed by atoms with Gasteiger partial charge in [-0.1, -0.05) is 25.5 Å². The molecule has 5 rings (SSSR count). The number of Topliss-reactive ketones (excluding diaryl/α,β-unsaturated/α-hetero) is 1. The molecule has 0 radical (unpaired) electrons. The van der Waals surface area contributed by atoms with Crippen molar-refractivity contribution in [2.45, 2.75) is 70.6 Å². The third kappa shape index (κ3) is 2.45. The Hall–Kier alpha value is -1.34. The van der Waals surface area contributed by atoms with Crippen LogP contribution in [-0.4, -0.2) is 48.1 Å². The van der Waals surface area contributed by atoms with Crippen LogP contribution in [-0.2, 0) is 23.8 Å². The number of methoxy groups -OCH3 is 1. The van der Waals surface area contributed by atoms with E-state index in [9.17, 15) is 14.7 Å². The summed E-state index contributed by atoms with van der Waals surface area (Å²) in [6.07, 6.45) is 8.63. The fraction of sp³-hybridized carbons (Fsp3) is 0.750. The Bertz CT molecular complexity index is 862. The number of rotatable bonds is 1. The third-order valence-corrected chi connectivity index (χ3v) is 9.26. The number of ketones is 2. The standard InChI is InChI=1S/C24H32O6/c1-21-9-7-15(25)11-14(21)5-6-16-17-8-10-24(22(17,2)12-18(26)20(16)21)19(27)13-29-23(3,28-4)30-24/h7,9,11,16-18,20,26H,5-6,8,10,12-13H2,1-4H3/t16-,17-,18-,20+,21-,22-,23?,24-/m0/s1. The molecule has 0 aromatic rings. The highest BCUT2D eigenvalue weighted by atomic mass is 16.9. The zero-order valence-electron chi connectivity index (χ0n) is 18.3. The highest BCUT2D eigenvalue weighted by Crippen LogP contribution is 2.68. The minimum absolute atomic E-state index is 0.0354. The lowest BCUT2D eigenvalue weighted by Crippen LogP contribution is -2.67. The van der Waals surface area contributed by atoms with Gasteiger partial charge < -0.3 is 19.3 Å². The predicted molar refractivity (Wildman–Crippen MR) is 108 cm³/mol. The van der Waals surface area contributed by atoms with Crippen molar-refractivity contribution in [2.24, 2.45) is 28.6 Å². The molecule has 1 spiro atoms. The zero-order valence-corrected chi connectivity index (χ0v) is 18.3. The molecular formula is C24H32O6. The van der Waals surface area contributed by atoms with Crippen molar-refractivity contribution < 1.29 is 28.9 Å². The van der Waals surface area contributed by atoms with E-state index in [2.05, 4.69) is 13.8 Å². The number of hydrogen-bond donors (Lipinski definition) is 1. The molecule has 30 heavy (non-hydrogen) atoms. The Labute approximate surface area is 177 Å². The molecule has 6 nitrogen and oxygen atoms in total. The molecule has 6 heteroatoms. The van der Waals surface area contributed by atoms with Gasteiger partial charge >= 0.3 is 0 Å². The quantitative estimate of drug-likeness (QED) is 0.708. The lowest BCUT2D eigenvalue weighted by atomic mass is 9.46. The molecule has 1 heterocycles. The van der Waals surface area contributed by atoms with Gasteiger partial charge in [-0.15, -0.1) is 0 Å². The van der Waals surface area contributed by atoms with E-state index < -0.39 is 23.1 Å². The summed E-state index contributed by atoms with van der Waals surface area (Å²) < 4.78 is 17.4. The monoisotopic (exact) mass is 416 g/mol. The fourth-order valence-electron chi connectivity index (χ4n) is 7.76. The van der Waals surface area contributed by atoms with Crippen LogP contribution in [0.5, 0.6) is 0 Å². The van der Waals surface area contributed by atoms with Crippen LogP contribution in [0.3, 0.4) is 0 Å². The SMILES string of the molecule is COC1(C)OCC(=O)[C@]2(CC[C@H]3[C@@H]4CCC5=CC(=O)C=C[C@]5(C)[C@H]4[C@@H](O)C[C@@]32C)O1. The lowest BCUT2D eigenvalue weighted by molar-refractivity contribution is -0.415. The second kappa shape index (κ2) is 6.35. The largest absolute Gasteiger partial charge is 0.393 e. The maximum absolute atomic E-state index is 13.2. The number of ether oxygens (including phenoxy) is 3. The van der Waals surface area contributed by atoms with Gasteiger partial charge in [-0.25, -0.2) is 0 Å². The van der Waals surface area contributed by atoms with Crippen LogP contribution in [0.15, 0.2) is 23.8 Å². The van der Waals surface area contributed by atoms with Crippen molar-refractivity contribution in [3.05, 3.63) is 23.8 Å². The maximum atomic E-state index is 13.2. The van der Waals surface area contributed by atoms with Crippen molar-refractivity contribution in [2.75, 3.05) is 13.7 Å². The Morgan fingerprint density at radius 2 is 1.97 bits per heavy atom. The molecule has 0 bridgehead atoms. The zero-order chi connectivity index (χ0) is 21.5. The van der Waals surface area contributed by atoms with Gasteiger partial charge in [0.25, 0.3) is 5.97 Å². The number of carbonyl (C=O) groups is 2. The molecule has 8 atom stereocenters. The van der Waals surface area contributed by atoms with Crippen LogP contribution in [0.2, 0.25) is 0 Å². The van der Waals surface area contributed by atoms with Gasteiger partial charge in [-0.05, 0) is 56.1 Å². The lowest BCUT2D eigenvalue weighted by Gasteiger charge is -2.61. The van der Waals surface area contributed by atoms with Crippen LogP contribution in [0, 0.1) is 28.6 Å². The van der Waals surface area contributed by atoms with Crippen molar-refractivity contribution in [3.63, 3.8) is 0 Å². The second-order valence-electron chi connectivity index (χ2n) is 10.5. The van der Waals surface area contributed by atoms with Crippen LogP contribution in [0.4, 0.5) is 0 Å². The van der Waals surface area contributed by atoms with Gasteiger partial charge in [0.15, 0.2) is 11.6 Å². The molecule has 4 aliphatic carbocycles. The molecule has 3 saturated carbocycles. The highest BCUT2D eigenvalue weighted by molar-refractivity contribution is 6.01. The Kier molecular flexibility index (Phi) is 4.35. The first-order valence-corrected chi connectivity index (χ1v) is 11.1. The van der Waals surface area contributed by atoms with E-state index in [1.165, 1.54) is 7.11 Å². The van der Waals surface area contributed by atoms with E-state index in [4.69, 9.17) is 14.2 Å². The number of aliphatic hydroxyl groups excluding tert-OH is 1. The van der Waals surface area contributed by atoms with Crippen LogP contribution in [0.25, 0.3) is 0 Å². The van der Waals surface area contributed by atoms with Crippen molar-refractivity contribution in [1.82, 2.24) is 0 Å².